The lowest BCUT2D eigenvalue weighted by Crippen LogP contribution is -2.31. The Bertz CT molecular complexity index is 561. The third kappa shape index (κ3) is 2.57. The molecular formula is C16H19NO2. The lowest BCUT2D eigenvalue weighted by molar-refractivity contribution is 0.0781. The Morgan fingerprint density at radius 2 is 2.05 bits per heavy atom. The van der Waals surface area contributed by atoms with Crippen LogP contribution in [0.25, 0.3) is 0 Å². The smallest absolute Gasteiger partial charge is 0.120 e. The first-order valence-electron chi connectivity index (χ1n) is 6.72. The standard InChI is InChI=1S/C16H19NO2/c1-11-7-8-16(19-11)12(2)17-15-10-18-9-13-5-3-4-6-14(13)15/h3-8,12,15,17H,9-10H2,1-2H3. The van der Waals surface area contributed by atoms with Crippen molar-refractivity contribution >= 4 is 0 Å². The average Bonchev–Trinajstić information content (AvgIpc) is 2.86. The highest BCUT2D eigenvalue weighted by Gasteiger charge is 2.22. The van der Waals surface area contributed by atoms with E-state index in [-0.39, 0.29) is 12.1 Å². The van der Waals surface area contributed by atoms with Crippen molar-refractivity contribution < 1.29 is 9.15 Å². The van der Waals surface area contributed by atoms with Crippen LogP contribution >= 0.6 is 0 Å². The van der Waals surface area contributed by atoms with E-state index >= 15 is 0 Å². The lowest BCUT2D eigenvalue weighted by atomic mass is 9.98. The van der Waals surface area contributed by atoms with E-state index in [1.54, 1.807) is 0 Å². The summed E-state index contributed by atoms with van der Waals surface area (Å²) in [5.41, 5.74) is 2.61. The maximum Gasteiger partial charge on any atom is 0.120 e. The van der Waals surface area contributed by atoms with Gasteiger partial charge in [-0.05, 0) is 37.1 Å². The lowest BCUT2D eigenvalue weighted by Gasteiger charge is -2.28. The third-order valence-electron chi connectivity index (χ3n) is 3.61. The van der Waals surface area contributed by atoms with E-state index in [9.17, 15) is 0 Å². The molecule has 0 amide bonds. The van der Waals surface area contributed by atoms with Crippen LogP contribution in [0, 0.1) is 6.92 Å². The molecule has 2 heterocycles. The minimum Gasteiger partial charge on any atom is -0.465 e. The van der Waals surface area contributed by atoms with Crippen LogP contribution in [0.1, 0.15) is 41.7 Å². The molecule has 0 spiro atoms. The zero-order valence-corrected chi connectivity index (χ0v) is 11.3. The molecule has 1 aliphatic heterocycles. The molecule has 2 atom stereocenters. The predicted molar refractivity (Wildman–Crippen MR) is 73.8 cm³/mol. The average molecular weight is 257 g/mol. The number of fused-ring (bicyclic) bond motifs is 1. The van der Waals surface area contributed by atoms with Crippen molar-refractivity contribution in [3.8, 4) is 0 Å². The second-order valence-electron chi connectivity index (χ2n) is 5.10. The number of nitrogens with one attached hydrogen (secondary N) is 1. The summed E-state index contributed by atoms with van der Waals surface area (Å²) in [4.78, 5) is 0. The van der Waals surface area contributed by atoms with Gasteiger partial charge in [-0.2, -0.15) is 0 Å². The highest BCUT2D eigenvalue weighted by molar-refractivity contribution is 5.31. The molecule has 0 fully saturated rings. The van der Waals surface area contributed by atoms with Gasteiger partial charge in [0, 0.05) is 0 Å². The Morgan fingerprint density at radius 3 is 2.84 bits per heavy atom. The van der Waals surface area contributed by atoms with Crippen molar-refractivity contribution in [2.24, 2.45) is 0 Å². The normalized spacial score (nSPS) is 20.0. The molecule has 1 aromatic heterocycles. The summed E-state index contributed by atoms with van der Waals surface area (Å²) in [7, 11) is 0. The largest absolute Gasteiger partial charge is 0.465 e. The fourth-order valence-electron chi connectivity index (χ4n) is 2.59. The first kappa shape index (κ1) is 12.5. The van der Waals surface area contributed by atoms with Gasteiger partial charge in [-0.25, -0.2) is 0 Å². The van der Waals surface area contributed by atoms with Crippen molar-refractivity contribution in [2.75, 3.05) is 6.61 Å². The second-order valence-corrected chi connectivity index (χ2v) is 5.10. The van der Waals surface area contributed by atoms with Gasteiger partial charge in [-0.15, -0.1) is 0 Å². The van der Waals surface area contributed by atoms with Gasteiger partial charge in [0.05, 0.1) is 25.3 Å². The van der Waals surface area contributed by atoms with Crippen molar-refractivity contribution in [2.45, 2.75) is 32.5 Å². The highest BCUT2D eigenvalue weighted by atomic mass is 16.5. The summed E-state index contributed by atoms with van der Waals surface area (Å²) in [6.07, 6.45) is 0. The fraction of sp³-hybridized carbons (Fsp3) is 0.375. The topological polar surface area (TPSA) is 34.4 Å². The number of ether oxygens (including phenoxy) is 1. The Morgan fingerprint density at radius 1 is 1.21 bits per heavy atom. The Kier molecular flexibility index (Phi) is 3.40. The molecule has 1 aliphatic rings. The monoisotopic (exact) mass is 257 g/mol. The zero-order valence-electron chi connectivity index (χ0n) is 11.3. The number of hydrogen-bond acceptors (Lipinski definition) is 3. The number of benzene rings is 1. The van der Waals surface area contributed by atoms with E-state index in [0.29, 0.717) is 13.2 Å². The molecule has 1 aromatic carbocycles. The van der Waals surface area contributed by atoms with Crippen LogP contribution in [-0.4, -0.2) is 6.61 Å². The molecule has 0 saturated carbocycles. The Hall–Kier alpha value is -1.58. The molecule has 2 aromatic rings. The van der Waals surface area contributed by atoms with Crippen molar-refractivity contribution in [3.05, 3.63) is 59.0 Å². The summed E-state index contributed by atoms with van der Waals surface area (Å²) in [5, 5.41) is 3.59. The van der Waals surface area contributed by atoms with E-state index in [2.05, 4.69) is 36.5 Å². The minimum atomic E-state index is 0.174. The van der Waals surface area contributed by atoms with Gasteiger partial charge in [-0.1, -0.05) is 24.3 Å². The van der Waals surface area contributed by atoms with Crippen molar-refractivity contribution in [1.29, 1.82) is 0 Å². The molecule has 3 heteroatoms. The van der Waals surface area contributed by atoms with E-state index in [4.69, 9.17) is 9.15 Å². The first-order valence-corrected chi connectivity index (χ1v) is 6.72. The van der Waals surface area contributed by atoms with Crippen molar-refractivity contribution in [3.63, 3.8) is 0 Å². The number of furan rings is 1. The molecule has 3 nitrogen and oxygen atoms in total. The summed E-state index contributed by atoms with van der Waals surface area (Å²) in [6.45, 7) is 5.51. The highest BCUT2D eigenvalue weighted by Crippen LogP contribution is 2.27. The zero-order chi connectivity index (χ0) is 13.2. The van der Waals surface area contributed by atoms with E-state index in [0.717, 1.165) is 11.5 Å². The molecule has 3 rings (SSSR count). The van der Waals surface area contributed by atoms with Crippen LogP contribution in [0.5, 0.6) is 0 Å². The van der Waals surface area contributed by atoms with Crippen LogP contribution in [0.4, 0.5) is 0 Å². The summed E-state index contributed by atoms with van der Waals surface area (Å²) in [5.74, 6) is 1.92. The van der Waals surface area contributed by atoms with E-state index in [1.807, 2.05) is 19.1 Å². The molecule has 100 valence electrons. The van der Waals surface area contributed by atoms with Gasteiger partial charge in [0.2, 0.25) is 0 Å². The number of rotatable bonds is 3. The summed E-state index contributed by atoms with van der Waals surface area (Å²) >= 11 is 0. The van der Waals surface area contributed by atoms with Crippen LogP contribution in [-0.2, 0) is 11.3 Å². The third-order valence-corrected chi connectivity index (χ3v) is 3.61. The van der Waals surface area contributed by atoms with E-state index in [1.165, 1.54) is 11.1 Å². The number of aryl methyl sites for hydroxylation is 1. The Labute approximate surface area is 113 Å². The fourth-order valence-corrected chi connectivity index (χ4v) is 2.59. The van der Waals surface area contributed by atoms with E-state index < -0.39 is 0 Å². The van der Waals surface area contributed by atoms with Crippen LogP contribution in [0.2, 0.25) is 0 Å². The van der Waals surface area contributed by atoms with Gasteiger partial charge in [0.25, 0.3) is 0 Å². The summed E-state index contributed by atoms with van der Waals surface area (Å²) in [6, 6.07) is 12.9. The molecule has 0 aliphatic carbocycles. The minimum absolute atomic E-state index is 0.174. The van der Waals surface area contributed by atoms with Crippen LogP contribution in [0.15, 0.2) is 40.8 Å². The predicted octanol–water partition coefficient (Wildman–Crippen LogP) is 3.51. The molecular weight excluding hydrogens is 238 g/mol. The van der Waals surface area contributed by atoms with Gasteiger partial charge < -0.3 is 9.15 Å². The molecule has 0 radical (unpaired) electrons. The molecule has 0 saturated heterocycles. The second kappa shape index (κ2) is 5.19. The molecule has 2 unspecified atom stereocenters. The summed E-state index contributed by atoms with van der Waals surface area (Å²) < 4.78 is 11.3. The Balaban J connectivity index is 1.77. The van der Waals surface area contributed by atoms with Gasteiger partial charge in [-0.3, -0.25) is 5.32 Å². The molecule has 1 N–H and O–H groups in total. The van der Waals surface area contributed by atoms with Crippen LogP contribution < -0.4 is 5.32 Å². The molecule has 0 bridgehead atoms. The van der Waals surface area contributed by atoms with Gasteiger partial charge in [0.15, 0.2) is 0 Å². The quantitative estimate of drug-likeness (QED) is 0.913. The van der Waals surface area contributed by atoms with Crippen LogP contribution in [0.3, 0.4) is 0 Å². The maximum absolute atomic E-state index is 5.67. The maximum atomic E-state index is 5.67. The molecule has 19 heavy (non-hydrogen) atoms. The SMILES string of the molecule is Cc1ccc(C(C)NC2COCc3ccccc32)o1. The van der Waals surface area contributed by atoms with Gasteiger partial charge >= 0.3 is 0 Å². The van der Waals surface area contributed by atoms with Gasteiger partial charge in [0.1, 0.15) is 11.5 Å². The number of hydrogen-bond donors (Lipinski definition) is 1. The van der Waals surface area contributed by atoms with Crippen molar-refractivity contribution in [1.82, 2.24) is 5.32 Å². The first-order chi connectivity index (χ1) is 9.24.